The molecule has 0 radical (unpaired) electrons. The number of non-ortho nitro benzene ring substituents is 1. The second-order valence-electron chi connectivity index (χ2n) is 5.04. The van der Waals surface area contributed by atoms with E-state index in [-0.39, 0.29) is 5.69 Å². The molecular formula is C19H12N2O2S. The quantitative estimate of drug-likeness (QED) is 0.481. The van der Waals surface area contributed by atoms with Gasteiger partial charge < -0.3 is 0 Å². The monoisotopic (exact) mass is 332 g/mol. The Bertz CT molecular complexity index is 931. The number of nitro groups is 1. The minimum Gasteiger partial charge on any atom is -0.258 e. The van der Waals surface area contributed by atoms with Gasteiger partial charge in [-0.05, 0) is 41.5 Å². The van der Waals surface area contributed by atoms with Gasteiger partial charge in [0.1, 0.15) is 0 Å². The van der Waals surface area contributed by atoms with Gasteiger partial charge in [-0.1, -0.05) is 42.1 Å². The molecule has 0 heterocycles. The summed E-state index contributed by atoms with van der Waals surface area (Å²) in [5.41, 5.74) is 2.69. The van der Waals surface area contributed by atoms with Gasteiger partial charge in [0.2, 0.25) is 0 Å². The van der Waals surface area contributed by atoms with E-state index < -0.39 is 4.92 Å². The summed E-state index contributed by atoms with van der Waals surface area (Å²) < 4.78 is 0. The van der Waals surface area contributed by atoms with Crippen molar-refractivity contribution in [2.24, 2.45) is 0 Å². The molecule has 0 fully saturated rings. The lowest BCUT2D eigenvalue weighted by atomic mass is 10.0. The lowest BCUT2D eigenvalue weighted by molar-refractivity contribution is -0.384. The first-order valence-electron chi connectivity index (χ1n) is 7.19. The Kier molecular flexibility index (Phi) is 4.59. The van der Waals surface area contributed by atoms with Gasteiger partial charge in [-0.3, -0.25) is 10.1 Å². The van der Waals surface area contributed by atoms with Gasteiger partial charge in [0, 0.05) is 21.9 Å². The van der Waals surface area contributed by atoms with Crippen molar-refractivity contribution in [3.05, 3.63) is 88.5 Å². The summed E-state index contributed by atoms with van der Waals surface area (Å²) in [6, 6.07) is 24.0. The number of nitrogens with zero attached hydrogens (tertiary/aromatic N) is 2. The Labute approximate surface area is 143 Å². The molecule has 0 unspecified atom stereocenters. The van der Waals surface area contributed by atoms with Crippen LogP contribution < -0.4 is 0 Å². The summed E-state index contributed by atoms with van der Waals surface area (Å²) in [5, 5.41) is 19.8. The highest BCUT2D eigenvalue weighted by Crippen LogP contribution is 2.36. The first kappa shape index (κ1) is 15.8. The number of hydrogen-bond donors (Lipinski definition) is 0. The number of hydrogen-bond acceptors (Lipinski definition) is 4. The molecule has 24 heavy (non-hydrogen) atoms. The van der Waals surface area contributed by atoms with Crippen LogP contribution in [-0.4, -0.2) is 4.92 Å². The largest absolute Gasteiger partial charge is 0.269 e. The van der Waals surface area contributed by atoms with Gasteiger partial charge in [-0.2, -0.15) is 5.26 Å². The molecule has 0 bridgehead atoms. The standard InChI is InChI=1S/C19H12N2O2S/c20-13-14-4-3-5-15(12-14)18-6-1-2-7-19(18)24-17-10-8-16(9-11-17)21(22)23/h1-12H. The molecule has 0 saturated heterocycles. The van der Waals surface area contributed by atoms with Crippen LogP contribution in [0.3, 0.4) is 0 Å². The highest BCUT2D eigenvalue weighted by atomic mass is 32.2. The molecule has 0 aliphatic heterocycles. The third kappa shape index (κ3) is 3.45. The fourth-order valence-corrected chi connectivity index (χ4v) is 3.28. The summed E-state index contributed by atoms with van der Waals surface area (Å²) in [7, 11) is 0. The summed E-state index contributed by atoms with van der Waals surface area (Å²) in [5.74, 6) is 0. The maximum absolute atomic E-state index is 10.7. The summed E-state index contributed by atoms with van der Waals surface area (Å²) in [6.45, 7) is 0. The minimum absolute atomic E-state index is 0.0781. The van der Waals surface area contributed by atoms with Crippen LogP contribution >= 0.6 is 11.8 Å². The van der Waals surface area contributed by atoms with Crippen LogP contribution in [0.25, 0.3) is 11.1 Å². The number of rotatable bonds is 4. The van der Waals surface area contributed by atoms with Crippen LogP contribution in [0.15, 0.2) is 82.6 Å². The molecule has 0 aliphatic carbocycles. The first-order valence-corrected chi connectivity index (χ1v) is 8.01. The fraction of sp³-hybridized carbons (Fsp3) is 0. The molecule has 0 aromatic heterocycles. The van der Waals surface area contributed by atoms with E-state index in [9.17, 15) is 10.1 Å². The number of nitriles is 1. The molecule has 5 heteroatoms. The lowest BCUT2D eigenvalue weighted by Crippen LogP contribution is -1.87. The van der Waals surface area contributed by atoms with Crippen molar-refractivity contribution in [3.8, 4) is 17.2 Å². The second-order valence-corrected chi connectivity index (χ2v) is 6.16. The molecule has 0 spiro atoms. The van der Waals surface area contributed by atoms with E-state index in [4.69, 9.17) is 5.26 Å². The zero-order valence-corrected chi connectivity index (χ0v) is 13.4. The Hall–Kier alpha value is -3.10. The molecule has 0 saturated carbocycles. The Morgan fingerprint density at radius 2 is 1.71 bits per heavy atom. The minimum atomic E-state index is -0.407. The molecule has 3 aromatic rings. The maximum Gasteiger partial charge on any atom is 0.269 e. The van der Waals surface area contributed by atoms with Gasteiger partial charge in [0.05, 0.1) is 16.6 Å². The topological polar surface area (TPSA) is 66.9 Å². The van der Waals surface area contributed by atoms with E-state index in [1.807, 2.05) is 42.5 Å². The fourth-order valence-electron chi connectivity index (χ4n) is 2.31. The molecule has 3 rings (SSSR count). The van der Waals surface area contributed by atoms with Crippen LogP contribution in [0.2, 0.25) is 0 Å². The molecule has 116 valence electrons. The average Bonchev–Trinajstić information content (AvgIpc) is 2.62. The van der Waals surface area contributed by atoms with E-state index in [2.05, 4.69) is 6.07 Å². The van der Waals surface area contributed by atoms with Crippen molar-refractivity contribution in [2.45, 2.75) is 9.79 Å². The number of nitro benzene ring substituents is 1. The van der Waals surface area contributed by atoms with E-state index in [1.165, 1.54) is 23.9 Å². The van der Waals surface area contributed by atoms with E-state index in [0.29, 0.717) is 5.56 Å². The van der Waals surface area contributed by atoms with E-state index >= 15 is 0 Å². The Morgan fingerprint density at radius 1 is 0.958 bits per heavy atom. The molecule has 0 aliphatic rings. The third-order valence-corrected chi connectivity index (χ3v) is 4.55. The molecule has 4 nitrogen and oxygen atoms in total. The highest BCUT2D eigenvalue weighted by Gasteiger charge is 2.09. The van der Waals surface area contributed by atoms with Crippen LogP contribution in [0.1, 0.15) is 5.56 Å². The summed E-state index contributed by atoms with van der Waals surface area (Å²) >= 11 is 1.54. The molecular weight excluding hydrogens is 320 g/mol. The van der Waals surface area contributed by atoms with Crippen LogP contribution in [0.5, 0.6) is 0 Å². The van der Waals surface area contributed by atoms with Gasteiger partial charge >= 0.3 is 0 Å². The van der Waals surface area contributed by atoms with Crippen molar-refractivity contribution in [1.29, 1.82) is 5.26 Å². The predicted octanol–water partition coefficient (Wildman–Crippen LogP) is 5.28. The lowest BCUT2D eigenvalue weighted by Gasteiger charge is -2.09. The van der Waals surface area contributed by atoms with Crippen molar-refractivity contribution in [2.75, 3.05) is 0 Å². The highest BCUT2D eigenvalue weighted by molar-refractivity contribution is 7.99. The van der Waals surface area contributed by atoms with Gasteiger partial charge in [-0.25, -0.2) is 0 Å². The first-order chi connectivity index (χ1) is 11.7. The van der Waals surface area contributed by atoms with E-state index in [0.717, 1.165) is 20.9 Å². The second kappa shape index (κ2) is 6.99. The zero-order valence-electron chi connectivity index (χ0n) is 12.5. The van der Waals surface area contributed by atoms with Gasteiger partial charge in [-0.15, -0.1) is 0 Å². The summed E-state index contributed by atoms with van der Waals surface area (Å²) in [4.78, 5) is 12.3. The van der Waals surface area contributed by atoms with E-state index in [1.54, 1.807) is 18.2 Å². The Balaban J connectivity index is 1.94. The van der Waals surface area contributed by atoms with Crippen molar-refractivity contribution in [1.82, 2.24) is 0 Å². The van der Waals surface area contributed by atoms with Crippen molar-refractivity contribution >= 4 is 17.4 Å². The molecule has 0 N–H and O–H groups in total. The maximum atomic E-state index is 10.7. The van der Waals surface area contributed by atoms with Crippen LogP contribution in [0.4, 0.5) is 5.69 Å². The molecule has 0 atom stereocenters. The predicted molar refractivity (Wildman–Crippen MR) is 93.8 cm³/mol. The zero-order chi connectivity index (χ0) is 16.9. The van der Waals surface area contributed by atoms with Gasteiger partial charge in [0.15, 0.2) is 0 Å². The molecule has 3 aromatic carbocycles. The van der Waals surface area contributed by atoms with Gasteiger partial charge in [0.25, 0.3) is 5.69 Å². The van der Waals surface area contributed by atoms with Crippen molar-refractivity contribution < 1.29 is 4.92 Å². The average molecular weight is 332 g/mol. The van der Waals surface area contributed by atoms with Crippen LogP contribution in [-0.2, 0) is 0 Å². The third-order valence-electron chi connectivity index (χ3n) is 3.47. The van der Waals surface area contributed by atoms with Crippen molar-refractivity contribution in [3.63, 3.8) is 0 Å². The number of benzene rings is 3. The SMILES string of the molecule is N#Cc1cccc(-c2ccccc2Sc2ccc([N+](=O)[O-])cc2)c1. The molecule has 0 amide bonds. The normalized spacial score (nSPS) is 10.1. The smallest absolute Gasteiger partial charge is 0.258 e. The van der Waals surface area contributed by atoms with Crippen LogP contribution in [0, 0.1) is 21.4 Å². The Morgan fingerprint density at radius 3 is 2.42 bits per heavy atom. The summed E-state index contributed by atoms with van der Waals surface area (Å²) in [6.07, 6.45) is 0.